The van der Waals surface area contributed by atoms with Gasteiger partial charge < -0.3 is 30.7 Å². The van der Waals surface area contributed by atoms with Crippen LogP contribution < -0.4 is 20.5 Å². The zero-order valence-electron chi connectivity index (χ0n) is 11.6. The Morgan fingerprint density at radius 1 is 1.52 bits per heavy atom. The molecule has 0 saturated heterocycles. The molecular formula is C13H19ClN2O5. The number of ether oxygens (including phenoxy) is 2. The molecule has 0 aliphatic rings. The lowest BCUT2D eigenvalue weighted by atomic mass is 10.2. The Morgan fingerprint density at radius 2 is 2.24 bits per heavy atom. The summed E-state index contributed by atoms with van der Waals surface area (Å²) >= 11 is 6.09. The van der Waals surface area contributed by atoms with E-state index in [0.29, 0.717) is 12.3 Å². The molecule has 0 saturated carbocycles. The number of amides is 1. The van der Waals surface area contributed by atoms with E-state index in [2.05, 4.69) is 5.32 Å². The van der Waals surface area contributed by atoms with Crippen molar-refractivity contribution in [2.24, 2.45) is 5.73 Å². The molecule has 0 aliphatic carbocycles. The Bertz CT molecular complexity index is 484. The lowest BCUT2D eigenvalue weighted by Crippen LogP contribution is -2.28. The minimum atomic E-state index is -0.819. The van der Waals surface area contributed by atoms with Gasteiger partial charge in [-0.15, -0.1) is 0 Å². The SMILES string of the molecule is COc1cc(CNCC(O)CO)cc(Cl)c1OCC(N)=O. The molecule has 0 heterocycles. The number of halogens is 1. The van der Waals surface area contributed by atoms with Crippen LogP contribution in [0.5, 0.6) is 11.5 Å². The zero-order chi connectivity index (χ0) is 15.8. The average Bonchev–Trinajstić information content (AvgIpc) is 2.45. The van der Waals surface area contributed by atoms with Crippen LogP contribution in [0.15, 0.2) is 12.1 Å². The Morgan fingerprint density at radius 3 is 2.81 bits per heavy atom. The molecule has 5 N–H and O–H groups in total. The van der Waals surface area contributed by atoms with Crippen molar-refractivity contribution in [1.29, 1.82) is 0 Å². The van der Waals surface area contributed by atoms with Gasteiger partial charge in [0.25, 0.3) is 5.91 Å². The second kappa shape index (κ2) is 8.68. The quantitative estimate of drug-likeness (QED) is 0.495. The zero-order valence-corrected chi connectivity index (χ0v) is 12.4. The third-order valence-corrected chi connectivity index (χ3v) is 2.85. The molecule has 1 unspecified atom stereocenters. The van der Waals surface area contributed by atoms with Gasteiger partial charge in [0.15, 0.2) is 18.1 Å². The van der Waals surface area contributed by atoms with E-state index < -0.39 is 12.0 Å². The smallest absolute Gasteiger partial charge is 0.255 e. The van der Waals surface area contributed by atoms with Gasteiger partial charge in [0.1, 0.15) is 0 Å². The topological polar surface area (TPSA) is 114 Å². The highest BCUT2D eigenvalue weighted by atomic mass is 35.5. The van der Waals surface area contributed by atoms with E-state index in [4.69, 9.17) is 31.9 Å². The molecule has 118 valence electrons. The first-order valence-corrected chi connectivity index (χ1v) is 6.62. The van der Waals surface area contributed by atoms with E-state index >= 15 is 0 Å². The van der Waals surface area contributed by atoms with Crippen molar-refractivity contribution >= 4 is 17.5 Å². The van der Waals surface area contributed by atoms with Crippen molar-refractivity contribution in [2.75, 3.05) is 26.9 Å². The summed E-state index contributed by atoms with van der Waals surface area (Å²) in [6.45, 7) is 0.0624. The van der Waals surface area contributed by atoms with Crippen LogP contribution in [0.25, 0.3) is 0 Å². The molecule has 1 rings (SSSR count). The van der Waals surface area contributed by atoms with Gasteiger partial charge in [-0.3, -0.25) is 4.79 Å². The Balaban J connectivity index is 2.75. The molecule has 1 atom stereocenters. The van der Waals surface area contributed by atoms with Gasteiger partial charge in [-0.25, -0.2) is 0 Å². The van der Waals surface area contributed by atoms with Crippen LogP contribution in [0.1, 0.15) is 5.56 Å². The van der Waals surface area contributed by atoms with E-state index in [0.717, 1.165) is 5.56 Å². The van der Waals surface area contributed by atoms with Crippen molar-refractivity contribution in [3.05, 3.63) is 22.7 Å². The van der Waals surface area contributed by atoms with Gasteiger partial charge in [-0.05, 0) is 17.7 Å². The highest BCUT2D eigenvalue weighted by molar-refractivity contribution is 6.32. The average molecular weight is 319 g/mol. The van der Waals surface area contributed by atoms with E-state index in [-0.39, 0.29) is 30.5 Å². The van der Waals surface area contributed by atoms with E-state index in [1.807, 2.05) is 0 Å². The van der Waals surface area contributed by atoms with Gasteiger partial charge in [0, 0.05) is 13.1 Å². The summed E-state index contributed by atoms with van der Waals surface area (Å²) < 4.78 is 10.4. The number of hydrogen-bond acceptors (Lipinski definition) is 6. The third-order valence-electron chi connectivity index (χ3n) is 2.57. The Kier molecular flexibility index (Phi) is 7.24. The second-order valence-electron chi connectivity index (χ2n) is 4.33. The van der Waals surface area contributed by atoms with Crippen molar-refractivity contribution in [3.63, 3.8) is 0 Å². The summed E-state index contributed by atoms with van der Waals surface area (Å²) in [5, 5.41) is 21.2. The number of aliphatic hydroxyl groups is 2. The first-order valence-electron chi connectivity index (χ1n) is 6.25. The molecule has 0 aliphatic heterocycles. The largest absolute Gasteiger partial charge is 0.493 e. The molecule has 0 fully saturated rings. The van der Waals surface area contributed by atoms with Gasteiger partial charge in [-0.1, -0.05) is 11.6 Å². The molecule has 0 spiro atoms. The van der Waals surface area contributed by atoms with Crippen LogP contribution in [0.4, 0.5) is 0 Å². The van der Waals surface area contributed by atoms with E-state index in [1.165, 1.54) is 7.11 Å². The number of carbonyl (C=O) groups excluding carboxylic acids is 1. The third kappa shape index (κ3) is 5.76. The highest BCUT2D eigenvalue weighted by Crippen LogP contribution is 2.36. The summed E-state index contributed by atoms with van der Waals surface area (Å²) in [5.41, 5.74) is 5.82. The van der Waals surface area contributed by atoms with Gasteiger partial charge in [0.2, 0.25) is 0 Å². The maximum Gasteiger partial charge on any atom is 0.255 e. The molecule has 1 aromatic rings. The fourth-order valence-electron chi connectivity index (χ4n) is 1.61. The molecule has 0 aromatic heterocycles. The van der Waals surface area contributed by atoms with Crippen molar-refractivity contribution in [3.8, 4) is 11.5 Å². The predicted octanol–water partition coefficient (Wildman–Crippen LogP) is -0.345. The number of methoxy groups -OCH3 is 1. The predicted molar refractivity (Wildman–Crippen MR) is 77.5 cm³/mol. The fraction of sp³-hybridized carbons (Fsp3) is 0.462. The molecule has 0 bridgehead atoms. The summed E-state index contributed by atoms with van der Waals surface area (Å²) in [6, 6.07) is 3.35. The number of nitrogens with one attached hydrogen (secondary N) is 1. The van der Waals surface area contributed by atoms with Crippen LogP contribution in [-0.4, -0.2) is 49.1 Å². The summed E-state index contributed by atoms with van der Waals surface area (Å²) in [6.07, 6.45) is -0.819. The summed E-state index contributed by atoms with van der Waals surface area (Å²) in [5.74, 6) is 0.0113. The number of carbonyl (C=O) groups is 1. The fourth-order valence-corrected chi connectivity index (χ4v) is 1.89. The van der Waals surface area contributed by atoms with Crippen LogP contribution in [0.2, 0.25) is 5.02 Å². The first-order chi connectivity index (χ1) is 9.97. The molecule has 7 nitrogen and oxygen atoms in total. The molecule has 0 radical (unpaired) electrons. The normalized spacial score (nSPS) is 12.0. The second-order valence-corrected chi connectivity index (χ2v) is 4.74. The number of aliphatic hydroxyl groups excluding tert-OH is 2. The van der Waals surface area contributed by atoms with Gasteiger partial charge in [0.05, 0.1) is 24.8 Å². The molecule has 21 heavy (non-hydrogen) atoms. The highest BCUT2D eigenvalue weighted by Gasteiger charge is 2.13. The number of primary amides is 1. The van der Waals surface area contributed by atoms with Crippen LogP contribution >= 0.6 is 11.6 Å². The van der Waals surface area contributed by atoms with E-state index in [9.17, 15) is 9.90 Å². The minimum Gasteiger partial charge on any atom is -0.493 e. The molecule has 8 heteroatoms. The van der Waals surface area contributed by atoms with Crippen LogP contribution in [-0.2, 0) is 11.3 Å². The summed E-state index contributed by atoms with van der Waals surface area (Å²) in [7, 11) is 1.45. The van der Waals surface area contributed by atoms with Gasteiger partial charge >= 0.3 is 0 Å². The maximum absolute atomic E-state index is 10.7. The number of rotatable bonds is 9. The first kappa shape index (κ1) is 17.5. The number of benzene rings is 1. The monoisotopic (exact) mass is 318 g/mol. The van der Waals surface area contributed by atoms with Gasteiger partial charge in [-0.2, -0.15) is 0 Å². The van der Waals surface area contributed by atoms with E-state index in [1.54, 1.807) is 12.1 Å². The van der Waals surface area contributed by atoms with Crippen molar-refractivity contribution in [1.82, 2.24) is 5.32 Å². The van der Waals surface area contributed by atoms with Crippen LogP contribution in [0, 0.1) is 0 Å². The molecular weight excluding hydrogens is 300 g/mol. The molecule has 1 aromatic carbocycles. The Hall–Kier alpha value is -1.54. The molecule has 1 amide bonds. The number of hydrogen-bond donors (Lipinski definition) is 4. The van der Waals surface area contributed by atoms with Crippen molar-refractivity contribution in [2.45, 2.75) is 12.6 Å². The lowest BCUT2D eigenvalue weighted by Gasteiger charge is -2.14. The Labute approximate surface area is 127 Å². The number of nitrogens with two attached hydrogens (primary N) is 1. The maximum atomic E-state index is 10.7. The van der Waals surface area contributed by atoms with Crippen molar-refractivity contribution < 1.29 is 24.5 Å². The van der Waals surface area contributed by atoms with Crippen LogP contribution in [0.3, 0.4) is 0 Å². The lowest BCUT2D eigenvalue weighted by molar-refractivity contribution is -0.119. The summed E-state index contributed by atoms with van der Waals surface area (Å²) in [4.78, 5) is 10.7. The minimum absolute atomic E-state index is 0.246. The standard InChI is InChI=1S/C13H19ClN2O5/c1-20-11-3-8(4-16-5-9(18)6-17)2-10(14)13(11)21-7-12(15)19/h2-3,9,16-18H,4-7H2,1H3,(H2,15,19).